The molecule has 3 rings (SSSR count). The number of piperidine rings is 1. The van der Waals surface area contributed by atoms with Crippen LogP contribution in [0.3, 0.4) is 0 Å². The van der Waals surface area contributed by atoms with Crippen LogP contribution >= 0.6 is 11.6 Å². The molecule has 1 aliphatic heterocycles. The minimum Gasteiger partial charge on any atom is -0.308 e. The minimum atomic E-state index is 0.675. The first-order chi connectivity index (χ1) is 8.26. The summed E-state index contributed by atoms with van der Waals surface area (Å²) in [6.45, 7) is 2.04. The van der Waals surface area contributed by atoms with Gasteiger partial charge in [-0.1, -0.05) is 11.6 Å². The van der Waals surface area contributed by atoms with E-state index in [9.17, 15) is 0 Å². The van der Waals surface area contributed by atoms with Crippen LogP contribution in [0.1, 0.15) is 25.0 Å². The summed E-state index contributed by atoms with van der Waals surface area (Å²) in [5.41, 5.74) is 3.49. The fraction of sp³-hybridized carbons (Fsp3) is 0.583. The molecule has 1 aromatic heterocycles. The molecule has 2 bridgehead atoms. The molecule has 2 fully saturated rings. The highest BCUT2D eigenvalue weighted by Gasteiger charge is 2.37. The van der Waals surface area contributed by atoms with Gasteiger partial charge >= 0.3 is 0 Å². The van der Waals surface area contributed by atoms with E-state index in [1.165, 1.54) is 25.8 Å². The highest BCUT2D eigenvalue weighted by atomic mass is 35.5. The lowest BCUT2D eigenvalue weighted by Crippen LogP contribution is -2.31. The molecule has 0 radical (unpaired) electrons. The van der Waals surface area contributed by atoms with Gasteiger partial charge in [0.15, 0.2) is 0 Å². The Hall–Kier alpha value is -0.840. The summed E-state index contributed by atoms with van der Waals surface area (Å²) >= 11 is 6.18. The molecule has 0 spiro atoms. The summed E-state index contributed by atoms with van der Waals surface area (Å²) in [5, 5.41) is 0.728. The maximum absolute atomic E-state index is 6.18. The normalized spacial score (nSPS) is 27.6. The summed E-state index contributed by atoms with van der Waals surface area (Å²) in [7, 11) is 0. The third kappa shape index (κ3) is 2.12. The fourth-order valence-corrected chi connectivity index (χ4v) is 3.25. The second-order valence-electron chi connectivity index (χ2n) is 5.03. The predicted octanol–water partition coefficient (Wildman–Crippen LogP) is 2.00. The van der Waals surface area contributed by atoms with Crippen LogP contribution in [-0.4, -0.2) is 22.5 Å². The van der Waals surface area contributed by atoms with Gasteiger partial charge in [-0.2, -0.15) is 0 Å². The van der Waals surface area contributed by atoms with Gasteiger partial charge in [-0.3, -0.25) is 4.90 Å². The number of fused-ring (bicyclic) bond motifs is 2. The smallest absolute Gasteiger partial charge is 0.140 e. The molecule has 2 atom stereocenters. The second-order valence-corrected chi connectivity index (χ2v) is 5.44. The number of hydrogen-bond donors (Lipinski definition) is 2. The molecule has 3 N–H and O–H groups in total. The molecule has 2 heterocycles. The number of aromatic nitrogens is 1. The Labute approximate surface area is 106 Å². The molecule has 17 heavy (non-hydrogen) atoms. The predicted molar refractivity (Wildman–Crippen MR) is 68.6 cm³/mol. The summed E-state index contributed by atoms with van der Waals surface area (Å²) in [6, 6.07) is 4.39. The SMILES string of the molecule is NNc1ccc(Cl)c(CN2CC3CCC2C3)n1. The quantitative estimate of drug-likeness (QED) is 0.638. The lowest BCUT2D eigenvalue weighted by atomic mass is 10.1. The molecule has 5 heteroatoms. The Balaban J connectivity index is 1.76. The minimum absolute atomic E-state index is 0.675. The van der Waals surface area contributed by atoms with Gasteiger partial charge in [-0.15, -0.1) is 0 Å². The van der Waals surface area contributed by atoms with Crippen LogP contribution in [0.5, 0.6) is 0 Å². The van der Waals surface area contributed by atoms with E-state index in [1.54, 1.807) is 6.07 Å². The van der Waals surface area contributed by atoms with Crippen molar-refractivity contribution >= 4 is 17.4 Å². The topological polar surface area (TPSA) is 54.2 Å². The first-order valence-electron chi connectivity index (χ1n) is 6.12. The third-order valence-corrected chi connectivity index (χ3v) is 4.29. The molecule has 1 saturated carbocycles. The lowest BCUT2D eigenvalue weighted by molar-refractivity contribution is 0.203. The average molecular weight is 253 g/mol. The van der Waals surface area contributed by atoms with Crippen molar-refractivity contribution in [1.29, 1.82) is 0 Å². The van der Waals surface area contributed by atoms with Gasteiger partial charge < -0.3 is 5.43 Å². The molecule has 1 saturated heterocycles. The Kier molecular flexibility index (Phi) is 2.94. The van der Waals surface area contributed by atoms with Crippen LogP contribution < -0.4 is 11.3 Å². The van der Waals surface area contributed by atoms with Gasteiger partial charge in [0.05, 0.1) is 10.7 Å². The average Bonchev–Trinajstić information content (AvgIpc) is 2.94. The molecule has 0 aromatic carbocycles. The summed E-state index contributed by atoms with van der Waals surface area (Å²) in [4.78, 5) is 6.93. The Morgan fingerprint density at radius 1 is 1.47 bits per heavy atom. The molecule has 4 nitrogen and oxygen atoms in total. The van der Waals surface area contributed by atoms with Crippen molar-refractivity contribution in [2.75, 3.05) is 12.0 Å². The first-order valence-corrected chi connectivity index (χ1v) is 6.50. The molecule has 2 unspecified atom stereocenters. The van der Waals surface area contributed by atoms with Crippen LogP contribution in [0.2, 0.25) is 5.02 Å². The Morgan fingerprint density at radius 3 is 3.00 bits per heavy atom. The largest absolute Gasteiger partial charge is 0.308 e. The van der Waals surface area contributed by atoms with Crippen molar-refractivity contribution in [2.45, 2.75) is 31.8 Å². The van der Waals surface area contributed by atoms with E-state index in [-0.39, 0.29) is 0 Å². The number of likely N-dealkylation sites (tertiary alicyclic amines) is 1. The number of nitrogens with two attached hydrogens (primary N) is 1. The zero-order chi connectivity index (χ0) is 11.8. The zero-order valence-corrected chi connectivity index (χ0v) is 10.5. The van der Waals surface area contributed by atoms with Crippen LogP contribution in [-0.2, 0) is 6.54 Å². The van der Waals surface area contributed by atoms with E-state index in [1.807, 2.05) is 6.07 Å². The molecule has 1 aliphatic carbocycles. The van der Waals surface area contributed by atoms with Crippen molar-refractivity contribution in [3.05, 3.63) is 22.8 Å². The van der Waals surface area contributed by atoms with Gasteiger partial charge in [-0.05, 0) is 37.3 Å². The molecule has 0 amide bonds. The van der Waals surface area contributed by atoms with Gasteiger partial charge in [-0.25, -0.2) is 10.8 Å². The zero-order valence-electron chi connectivity index (χ0n) is 9.69. The monoisotopic (exact) mass is 252 g/mol. The highest BCUT2D eigenvalue weighted by Crippen LogP contribution is 2.38. The van der Waals surface area contributed by atoms with Crippen molar-refractivity contribution in [3.63, 3.8) is 0 Å². The van der Waals surface area contributed by atoms with Gasteiger partial charge in [0.2, 0.25) is 0 Å². The maximum Gasteiger partial charge on any atom is 0.140 e. The van der Waals surface area contributed by atoms with E-state index in [4.69, 9.17) is 17.4 Å². The molecular formula is C12H17ClN4. The third-order valence-electron chi connectivity index (χ3n) is 3.94. The Morgan fingerprint density at radius 2 is 2.35 bits per heavy atom. The highest BCUT2D eigenvalue weighted by molar-refractivity contribution is 6.31. The first kappa shape index (κ1) is 11.3. The fourth-order valence-electron chi connectivity index (χ4n) is 3.09. The van der Waals surface area contributed by atoms with Gasteiger partial charge in [0.25, 0.3) is 0 Å². The lowest BCUT2D eigenvalue weighted by Gasteiger charge is -2.26. The van der Waals surface area contributed by atoms with Crippen molar-refractivity contribution in [2.24, 2.45) is 11.8 Å². The summed E-state index contributed by atoms with van der Waals surface area (Å²) < 4.78 is 0. The molecule has 2 aliphatic rings. The molecular weight excluding hydrogens is 236 g/mol. The van der Waals surface area contributed by atoms with Crippen LogP contribution in [0.4, 0.5) is 5.82 Å². The van der Waals surface area contributed by atoms with Crippen molar-refractivity contribution in [3.8, 4) is 0 Å². The number of rotatable bonds is 3. The van der Waals surface area contributed by atoms with Gasteiger partial charge in [0.1, 0.15) is 5.82 Å². The van der Waals surface area contributed by atoms with E-state index in [0.717, 1.165) is 29.2 Å². The maximum atomic E-state index is 6.18. The van der Waals surface area contributed by atoms with Crippen LogP contribution in [0, 0.1) is 5.92 Å². The van der Waals surface area contributed by atoms with Crippen molar-refractivity contribution in [1.82, 2.24) is 9.88 Å². The van der Waals surface area contributed by atoms with E-state index >= 15 is 0 Å². The number of nitrogens with one attached hydrogen (secondary N) is 1. The van der Waals surface area contributed by atoms with E-state index in [2.05, 4.69) is 15.3 Å². The van der Waals surface area contributed by atoms with Crippen LogP contribution in [0.15, 0.2) is 12.1 Å². The van der Waals surface area contributed by atoms with E-state index < -0.39 is 0 Å². The Bertz CT molecular complexity index is 423. The number of nitrogen functional groups attached to an aromatic ring is 1. The number of nitrogens with zero attached hydrogens (tertiary/aromatic N) is 2. The number of pyridine rings is 1. The van der Waals surface area contributed by atoms with Crippen molar-refractivity contribution < 1.29 is 0 Å². The van der Waals surface area contributed by atoms with E-state index in [0.29, 0.717) is 5.82 Å². The summed E-state index contributed by atoms with van der Waals surface area (Å²) in [6.07, 6.45) is 4.08. The number of hydrogen-bond acceptors (Lipinski definition) is 4. The number of hydrazine groups is 1. The molecule has 1 aromatic rings. The summed E-state index contributed by atoms with van der Waals surface area (Å²) in [5.74, 6) is 6.94. The second kappa shape index (κ2) is 4.44. The standard InChI is InChI=1S/C12H17ClN4/c13-10-3-4-12(16-14)15-11(10)7-17-6-8-1-2-9(17)5-8/h3-4,8-9H,1-2,5-7,14H2,(H,15,16). The van der Waals surface area contributed by atoms with Crippen LogP contribution in [0.25, 0.3) is 0 Å². The number of halogens is 1. The number of anilines is 1. The van der Waals surface area contributed by atoms with Gasteiger partial charge in [0, 0.05) is 19.1 Å². The molecule has 92 valence electrons.